The molecule has 1 aromatic rings. The first-order valence-corrected chi connectivity index (χ1v) is 7.74. The highest BCUT2D eigenvalue weighted by Crippen LogP contribution is 2.40. The van der Waals surface area contributed by atoms with Crippen molar-refractivity contribution in [3.05, 3.63) is 24.3 Å². The van der Waals surface area contributed by atoms with Gasteiger partial charge in [-0.25, -0.2) is 8.42 Å². The van der Waals surface area contributed by atoms with Gasteiger partial charge in [0.1, 0.15) is 4.66 Å². The fourth-order valence-corrected chi connectivity index (χ4v) is 2.56. The Bertz CT molecular complexity index is 490. The molecule has 0 aliphatic rings. The van der Waals surface area contributed by atoms with Gasteiger partial charge in [-0.15, -0.1) is 0 Å². The quantitative estimate of drug-likeness (QED) is 0.669. The summed E-state index contributed by atoms with van der Waals surface area (Å²) in [5.41, 5.74) is -4.55. The minimum absolute atomic E-state index is 0.0886. The van der Waals surface area contributed by atoms with Crippen LogP contribution in [0.4, 0.5) is 18.9 Å². The summed E-state index contributed by atoms with van der Waals surface area (Å²) in [5, 5.41) is 0. The summed E-state index contributed by atoms with van der Waals surface area (Å²) >= 11 is 2.37. The summed E-state index contributed by atoms with van der Waals surface area (Å²) < 4.78 is 60.8. The van der Waals surface area contributed by atoms with E-state index >= 15 is 0 Å². The summed E-state index contributed by atoms with van der Waals surface area (Å²) in [5.74, 6) is 0. The first-order chi connectivity index (χ1) is 7.73. The van der Waals surface area contributed by atoms with Crippen LogP contribution in [0, 0.1) is 0 Å². The van der Waals surface area contributed by atoms with E-state index in [9.17, 15) is 21.6 Å². The zero-order valence-corrected chi connectivity index (χ0v) is 11.4. The number of thioether (sulfide) groups is 1. The van der Waals surface area contributed by atoms with Crippen molar-refractivity contribution < 1.29 is 21.6 Å². The van der Waals surface area contributed by atoms with Crippen molar-refractivity contribution in [3.63, 3.8) is 0 Å². The molecule has 1 aromatic carbocycles. The normalized spacial score (nSPS) is 12.5. The molecule has 1 rings (SSSR count). The molecule has 0 unspecified atom stereocenters. The summed E-state index contributed by atoms with van der Waals surface area (Å²) in [6.45, 7) is 0. The molecular formula is C8H7BrF3NO2S2. The summed E-state index contributed by atoms with van der Waals surface area (Å²) in [6.07, 6.45) is 0. The fourth-order valence-electron chi connectivity index (χ4n) is 0.959. The van der Waals surface area contributed by atoms with Crippen LogP contribution in [-0.4, -0.2) is 18.6 Å². The molecule has 0 fully saturated rings. The van der Waals surface area contributed by atoms with E-state index in [1.807, 2.05) is 0 Å². The lowest BCUT2D eigenvalue weighted by Gasteiger charge is -2.12. The fraction of sp³-hybridized carbons (Fsp3) is 0.250. The largest absolute Gasteiger partial charge is 0.446 e. The van der Waals surface area contributed by atoms with Crippen LogP contribution in [0.25, 0.3) is 0 Å². The lowest BCUT2D eigenvalue weighted by molar-refractivity contribution is -0.0327. The van der Waals surface area contributed by atoms with Gasteiger partial charge in [-0.3, -0.25) is 4.72 Å². The van der Waals surface area contributed by atoms with E-state index in [-0.39, 0.29) is 27.0 Å². The van der Waals surface area contributed by atoms with Gasteiger partial charge in [0.25, 0.3) is 0 Å². The van der Waals surface area contributed by atoms with Crippen molar-refractivity contribution in [3.8, 4) is 0 Å². The average Bonchev–Trinajstić information content (AvgIpc) is 2.19. The Morgan fingerprint density at radius 2 is 1.88 bits per heavy atom. The van der Waals surface area contributed by atoms with Crippen LogP contribution < -0.4 is 4.72 Å². The Morgan fingerprint density at radius 3 is 2.41 bits per heavy atom. The molecule has 0 aromatic heterocycles. The first kappa shape index (κ1) is 14.7. The maximum absolute atomic E-state index is 12.2. The topological polar surface area (TPSA) is 46.2 Å². The van der Waals surface area contributed by atoms with Gasteiger partial charge in [0.15, 0.2) is 0 Å². The molecule has 0 saturated heterocycles. The number of benzene rings is 1. The van der Waals surface area contributed by atoms with Gasteiger partial charge >= 0.3 is 5.51 Å². The number of nitrogens with one attached hydrogen (secondary N) is 1. The Hall–Kier alpha value is -0.410. The zero-order valence-electron chi connectivity index (χ0n) is 8.16. The maximum Gasteiger partial charge on any atom is 0.446 e. The number of rotatable bonds is 4. The summed E-state index contributed by atoms with van der Waals surface area (Å²) in [4.78, 5) is -0.190. The van der Waals surface area contributed by atoms with Gasteiger partial charge in [0.2, 0.25) is 10.0 Å². The molecule has 0 aliphatic heterocycles. The van der Waals surface area contributed by atoms with E-state index in [0.717, 1.165) is 0 Å². The molecule has 1 N–H and O–H groups in total. The number of sulfonamides is 1. The Morgan fingerprint density at radius 1 is 1.29 bits per heavy atom. The third-order valence-corrected chi connectivity index (χ3v) is 4.96. The number of anilines is 1. The molecule has 0 heterocycles. The number of alkyl halides is 4. The highest BCUT2D eigenvalue weighted by molar-refractivity contribution is 9.10. The molecular weight excluding hydrogens is 343 g/mol. The number of para-hydroxylation sites is 1. The molecule has 0 spiro atoms. The molecule has 0 atom stereocenters. The van der Waals surface area contributed by atoms with Gasteiger partial charge in [-0.05, 0) is 23.9 Å². The molecule has 9 heteroatoms. The zero-order chi connectivity index (χ0) is 13.1. The van der Waals surface area contributed by atoms with Crippen LogP contribution in [0.3, 0.4) is 0 Å². The summed E-state index contributed by atoms with van der Waals surface area (Å²) in [6, 6.07) is 5.32. The van der Waals surface area contributed by atoms with Crippen molar-refractivity contribution >= 4 is 43.4 Å². The van der Waals surface area contributed by atoms with Crippen molar-refractivity contribution in [1.82, 2.24) is 0 Å². The second-order valence-electron chi connectivity index (χ2n) is 2.87. The van der Waals surface area contributed by atoms with Gasteiger partial charge in [-0.2, -0.15) is 13.2 Å². The predicted octanol–water partition coefficient (Wildman–Crippen LogP) is 3.39. The minimum atomic E-state index is -4.46. The van der Waals surface area contributed by atoms with Gasteiger partial charge in [0, 0.05) is 4.90 Å². The van der Waals surface area contributed by atoms with Crippen molar-refractivity contribution in [1.29, 1.82) is 0 Å². The van der Waals surface area contributed by atoms with E-state index in [1.54, 1.807) is 0 Å². The monoisotopic (exact) mass is 349 g/mol. The molecule has 0 bridgehead atoms. The van der Waals surface area contributed by atoms with E-state index in [1.165, 1.54) is 24.3 Å². The van der Waals surface area contributed by atoms with Crippen LogP contribution in [0.2, 0.25) is 0 Å². The smallest absolute Gasteiger partial charge is 0.282 e. The number of hydrogen-bond donors (Lipinski definition) is 1. The second-order valence-corrected chi connectivity index (χ2v) is 7.00. The maximum atomic E-state index is 12.2. The minimum Gasteiger partial charge on any atom is -0.282 e. The van der Waals surface area contributed by atoms with Gasteiger partial charge < -0.3 is 0 Å². The van der Waals surface area contributed by atoms with E-state index in [4.69, 9.17) is 0 Å². The van der Waals surface area contributed by atoms with Crippen molar-refractivity contribution in [2.45, 2.75) is 10.4 Å². The average molecular weight is 350 g/mol. The third-order valence-electron chi connectivity index (χ3n) is 1.52. The van der Waals surface area contributed by atoms with Crippen LogP contribution in [-0.2, 0) is 10.0 Å². The number of hydrogen-bond acceptors (Lipinski definition) is 3. The van der Waals surface area contributed by atoms with Crippen LogP contribution in [0.1, 0.15) is 0 Å². The lowest BCUT2D eigenvalue weighted by Crippen LogP contribution is -2.14. The molecule has 96 valence electrons. The highest BCUT2D eigenvalue weighted by atomic mass is 79.9. The third kappa shape index (κ3) is 5.17. The molecule has 3 nitrogen and oxygen atoms in total. The predicted molar refractivity (Wildman–Crippen MR) is 64.7 cm³/mol. The highest BCUT2D eigenvalue weighted by Gasteiger charge is 2.30. The molecule has 0 saturated carbocycles. The Kier molecular flexibility index (Phi) is 4.73. The van der Waals surface area contributed by atoms with Crippen LogP contribution in [0.5, 0.6) is 0 Å². The van der Waals surface area contributed by atoms with E-state index in [0.29, 0.717) is 0 Å². The molecule has 0 aliphatic carbocycles. The van der Waals surface area contributed by atoms with Gasteiger partial charge in [-0.1, -0.05) is 28.1 Å². The summed E-state index contributed by atoms with van der Waals surface area (Å²) in [7, 11) is -3.66. The van der Waals surface area contributed by atoms with Crippen LogP contribution >= 0.6 is 27.7 Å². The second kappa shape index (κ2) is 5.49. The van der Waals surface area contributed by atoms with Crippen molar-refractivity contribution in [2.75, 3.05) is 9.38 Å². The van der Waals surface area contributed by atoms with E-state index < -0.39 is 15.5 Å². The molecule has 0 radical (unpaired) electrons. The van der Waals surface area contributed by atoms with Crippen molar-refractivity contribution in [2.24, 2.45) is 0 Å². The molecule has 0 amide bonds. The van der Waals surface area contributed by atoms with Gasteiger partial charge in [0.05, 0.1) is 5.69 Å². The van der Waals surface area contributed by atoms with E-state index in [2.05, 4.69) is 20.7 Å². The molecule has 17 heavy (non-hydrogen) atoms. The first-order valence-electron chi connectivity index (χ1n) is 4.15. The Balaban J connectivity index is 3.01. The van der Waals surface area contributed by atoms with Crippen LogP contribution in [0.15, 0.2) is 29.2 Å². The standard InChI is InChI=1S/C8H7BrF3NO2S2/c9-5-17(14,15)13-6-3-1-2-4-7(6)16-8(10,11)12/h1-4,13H,5H2. The SMILES string of the molecule is O=S(=O)(CBr)Nc1ccccc1SC(F)(F)F. The number of halogens is 4. The Labute approximate surface area is 109 Å². The lowest BCUT2D eigenvalue weighted by atomic mass is 10.3.